The third-order valence-corrected chi connectivity index (χ3v) is 6.42. The van der Waals surface area contributed by atoms with Crippen molar-refractivity contribution in [3.05, 3.63) is 88.5 Å². The Morgan fingerprint density at radius 1 is 0.875 bits per heavy atom. The Balaban J connectivity index is 1.43. The average Bonchev–Trinajstić information content (AvgIpc) is 3.22. The Morgan fingerprint density at radius 3 is 2.28 bits per heavy atom. The summed E-state index contributed by atoms with van der Waals surface area (Å²) in [5, 5.41) is 19.7. The summed E-state index contributed by atoms with van der Waals surface area (Å²) in [6.07, 6.45) is 1.52. The maximum absolute atomic E-state index is 13.3. The zero-order valence-corrected chi connectivity index (χ0v) is 17.8. The van der Waals surface area contributed by atoms with Gasteiger partial charge in [0.1, 0.15) is 11.5 Å². The van der Waals surface area contributed by atoms with Gasteiger partial charge in [0.2, 0.25) is 0 Å². The number of carbonyl (C=O) groups excluding carboxylic acids is 2. The Morgan fingerprint density at radius 2 is 1.59 bits per heavy atom. The monoisotopic (exact) mass is 428 g/mol. The Labute approximate surface area is 186 Å². The van der Waals surface area contributed by atoms with Gasteiger partial charge >= 0.3 is 0 Å². The molecular weight excluding hydrogens is 404 g/mol. The van der Waals surface area contributed by atoms with E-state index in [2.05, 4.69) is 12.1 Å². The molecule has 0 spiro atoms. The first-order valence-corrected chi connectivity index (χ1v) is 10.8. The number of nitrogens with zero attached hydrogens (tertiary/aromatic N) is 2. The zero-order valence-electron chi connectivity index (χ0n) is 17.8. The van der Waals surface area contributed by atoms with Crippen LogP contribution >= 0.6 is 0 Å². The molecule has 5 rings (SSSR count). The molecular formula is C26H24N2O4. The van der Waals surface area contributed by atoms with Crippen LogP contribution in [0.1, 0.15) is 50.8 Å². The SMILES string of the molecule is CC1CCc2cc(C(=O)N3Cc4ccccc4C3)ccc2N1C(=O)c1ccc(O)cc1O. The molecule has 0 aliphatic carbocycles. The Kier molecular flexibility index (Phi) is 4.85. The largest absolute Gasteiger partial charge is 0.508 e. The van der Waals surface area contributed by atoms with E-state index in [4.69, 9.17) is 0 Å². The Bertz CT molecular complexity index is 1210. The zero-order chi connectivity index (χ0) is 22.4. The van der Waals surface area contributed by atoms with E-state index in [-0.39, 0.29) is 34.9 Å². The van der Waals surface area contributed by atoms with Gasteiger partial charge in [0.25, 0.3) is 11.8 Å². The summed E-state index contributed by atoms with van der Waals surface area (Å²) in [6.45, 7) is 3.18. The van der Waals surface area contributed by atoms with E-state index in [0.29, 0.717) is 18.7 Å². The molecule has 2 aliphatic rings. The lowest BCUT2D eigenvalue weighted by molar-refractivity contribution is 0.0751. The number of rotatable bonds is 2. The van der Waals surface area contributed by atoms with Gasteiger partial charge in [-0.05, 0) is 66.8 Å². The summed E-state index contributed by atoms with van der Waals surface area (Å²) in [5.41, 5.74) is 4.81. The molecule has 0 radical (unpaired) electrons. The second-order valence-corrected chi connectivity index (χ2v) is 8.54. The first-order chi connectivity index (χ1) is 15.4. The predicted octanol–water partition coefficient (Wildman–Crippen LogP) is 4.24. The highest BCUT2D eigenvalue weighted by atomic mass is 16.3. The molecule has 6 heteroatoms. The molecule has 1 atom stereocenters. The average molecular weight is 428 g/mol. The minimum absolute atomic E-state index is 0.0170. The standard InChI is InChI=1S/C26H24N2O4/c1-16-6-7-17-12-18(25(31)27-14-19-4-2-3-5-20(19)15-27)8-11-23(17)28(16)26(32)22-10-9-21(29)13-24(22)30/h2-5,8-13,16,29-30H,6-7,14-15H2,1H3. The van der Waals surface area contributed by atoms with Crippen LogP contribution in [-0.4, -0.2) is 33.0 Å². The quantitative estimate of drug-likeness (QED) is 0.640. The highest BCUT2D eigenvalue weighted by Crippen LogP contribution is 2.35. The van der Waals surface area contributed by atoms with E-state index in [0.717, 1.165) is 24.1 Å². The minimum Gasteiger partial charge on any atom is -0.508 e. The number of hydrogen-bond acceptors (Lipinski definition) is 4. The van der Waals surface area contributed by atoms with Crippen molar-refractivity contribution >= 4 is 17.5 Å². The predicted molar refractivity (Wildman–Crippen MR) is 121 cm³/mol. The van der Waals surface area contributed by atoms with Crippen molar-refractivity contribution in [2.24, 2.45) is 0 Å². The van der Waals surface area contributed by atoms with E-state index >= 15 is 0 Å². The van der Waals surface area contributed by atoms with Crippen molar-refractivity contribution < 1.29 is 19.8 Å². The number of aryl methyl sites for hydroxylation is 1. The maximum Gasteiger partial charge on any atom is 0.262 e. The molecule has 1 unspecified atom stereocenters. The number of aromatic hydroxyl groups is 2. The molecule has 2 amide bonds. The lowest BCUT2D eigenvalue weighted by atomic mass is 9.93. The summed E-state index contributed by atoms with van der Waals surface area (Å²) in [5.74, 6) is -0.699. The normalized spacial score (nSPS) is 17.1. The van der Waals surface area contributed by atoms with Crippen LogP contribution < -0.4 is 4.90 Å². The highest BCUT2D eigenvalue weighted by molar-refractivity contribution is 6.09. The van der Waals surface area contributed by atoms with Crippen LogP contribution in [-0.2, 0) is 19.5 Å². The van der Waals surface area contributed by atoms with Crippen molar-refractivity contribution in [2.75, 3.05) is 4.90 Å². The van der Waals surface area contributed by atoms with Gasteiger partial charge < -0.3 is 20.0 Å². The number of amides is 2. The van der Waals surface area contributed by atoms with Crippen molar-refractivity contribution in [3.63, 3.8) is 0 Å². The number of carbonyl (C=O) groups is 2. The molecule has 0 aromatic heterocycles. The van der Waals surface area contributed by atoms with Gasteiger partial charge in [-0.25, -0.2) is 0 Å². The van der Waals surface area contributed by atoms with Crippen molar-refractivity contribution in [1.82, 2.24) is 4.90 Å². The van der Waals surface area contributed by atoms with E-state index < -0.39 is 0 Å². The van der Waals surface area contributed by atoms with Crippen molar-refractivity contribution in [2.45, 2.75) is 38.9 Å². The molecule has 2 N–H and O–H groups in total. The number of anilines is 1. The number of benzene rings is 3. The lowest BCUT2D eigenvalue weighted by Crippen LogP contribution is -2.42. The summed E-state index contributed by atoms with van der Waals surface area (Å²) >= 11 is 0. The fourth-order valence-corrected chi connectivity index (χ4v) is 4.68. The van der Waals surface area contributed by atoms with Gasteiger partial charge in [0, 0.05) is 36.4 Å². The van der Waals surface area contributed by atoms with Gasteiger partial charge in [-0.1, -0.05) is 24.3 Å². The topological polar surface area (TPSA) is 81.1 Å². The van der Waals surface area contributed by atoms with Crippen molar-refractivity contribution in [3.8, 4) is 11.5 Å². The molecule has 6 nitrogen and oxygen atoms in total. The number of phenols is 2. The van der Waals surface area contributed by atoms with Gasteiger partial charge in [-0.15, -0.1) is 0 Å². The van der Waals surface area contributed by atoms with Gasteiger partial charge in [0.15, 0.2) is 0 Å². The lowest BCUT2D eigenvalue weighted by Gasteiger charge is -2.35. The van der Waals surface area contributed by atoms with E-state index in [1.165, 1.54) is 29.3 Å². The van der Waals surface area contributed by atoms with E-state index in [1.54, 1.807) is 11.0 Å². The summed E-state index contributed by atoms with van der Waals surface area (Å²) < 4.78 is 0. The van der Waals surface area contributed by atoms with Crippen LogP contribution in [0.5, 0.6) is 11.5 Å². The van der Waals surface area contributed by atoms with Crippen LogP contribution in [0, 0.1) is 0 Å². The second kappa shape index (κ2) is 7.71. The van der Waals surface area contributed by atoms with Crippen molar-refractivity contribution in [1.29, 1.82) is 0 Å². The highest BCUT2D eigenvalue weighted by Gasteiger charge is 2.32. The molecule has 32 heavy (non-hydrogen) atoms. The molecule has 3 aromatic carbocycles. The molecule has 3 aromatic rings. The molecule has 2 heterocycles. The first kappa shape index (κ1) is 20.1. The van der Waals surface area contributed by atoms with Gasteiger partial charge in [-0.2, -0.15) is 0 Å². The minimum atomic E-state index is -0.329. The molecule has 0 saturated carbocycles. The second-order valence-electron chi connectivity index (χ2n) is 8.54. The smallest absolute Gasteiger partial charge is 0.262 e. The van der Waals surface area contributed by atoms with Crippen LogP contribution in [0.2, 0.25) is 0 Å². The number of phenolic OH excluding ortho intramolecular Hbond substituents is 2. The van der Waals surface area contributed by atoms with Crippen LogP contribution in [0.15, 0.2) is 60.7 Å². The van der Waals surface area contributed by atoms with E-state index in [1.807, 2.05) is 36.1 Å². The summed E-state index contributed by atoms with van der Waals surface area (Å²) in [4.78, 5) is 29.9. The van der Waals surface area contributed by atoms with E-state index in [9.17, 15) is 19.8 Å². The fraction of sp³-hybridized carbons (Fsp3) is 0.231. The summed E-state index contributed by atoms with van der Waals surface area (Å²) in [6, 6.07) is 17.5. The summed E-state index contributed by atoms with van der Waals surface area (Å²) in [7, 11) is 0. The molecule has 0 saturated heterocycles. The van der Waals surface area contributed by atoms with Gasteiger partial charge in [0.05, 0.1) is 5.56 Å². The number of fused-ring (bicyclic) bond motifs is 2. The fourth-order valence-electron chi connectivity index (χ4n) is 4.68. The third-order valence-electron chi connectivity index (χ3n) is 6.42. The molecule has 0 fully saturated rings. The van der Waals surface area contributed by atoms with Crippen LogP contribution in [0.4, 0.5) is 5.69 Å². The van der Waals surface area contributed by atoms with Crippen LogP contribution in [0.25, 0.3) is 0 Å². The third kappa shape index (κ3) is 3.38. The molecule has 162 valence electrons. The Hall–Kier alpha value is -3.80. The van der Waals surface area contributed by atoms with Crippen LogP contribution in [0.3, 0.4) is 0 Å². The molecule has 2 aliphatic heterocycles. The van der Waals surface area contributed by atoms with Gasteiger partial charge in [-0.3, -0.25) is 9.59 Å². The maximum atomic E-state index is 13.3. The molecule has 0 bridgehead atoms. The number of hydrogen-bond donors (Lipinski definition) is 2. The first-order valence-electron chi connectivity index (χ1n) is 10.8.